The van der Waals surface area contributed by atoms with Gasteiger partial charge < -0.3 is 0 Å². The molecule has 0 N–H and O–H groups in total. The lowest BCUT2D eigenvalue weighted by Crippen LogP contribution is -1.71. The zero-order chi connectivity index (χ0) is 28.9. The highest BCUT2D eigenvalue weighted by atomic mass is 14.6. The van der Waals surface area contributed by atoms with Gasteiger partial charge in [0, 0.05) is 62.0 Å². The van der Waals surface area contributed by atoms with Crippen molar-refractivity contribution in [1.29, 1.82) is 0 Å². The number of hydrogen-bond acceptors (Lipinski definition) is 5. The Morgan fingerprint density at radius 3 is 0.714 bits per heavy atom. The lowest BCUT2D eigenvalue weighted by Gasteiger charge is -1.91. The van der Waals surface area contributed by atoms with Crippen molar-refractivity contribution in [3.8, 4) is 0 Å². The number of aromatic nitrogens is 5. The molecule has 5 aromatic heterocycles. The largest absolute Gasteiger partial charge is 0.265 e. The van der Waals surface area contributed by atoms with E-state index in [4.69, 9.17) is 0 Å². The van der Waals surface area contributed by atoms with Crippen molar-refractivity contribution in [2.75, 3.05) is 0 Å². The molecule has 0 saturated heterocycles. The average molecular weight is 546 g/mol. The molecule has 0 aliphatic rings. The highest BCUT2D eigenvalue weighted by Crippen LogP contribution is 2.11. The Balaban J connectivity index is 0.000000123. The number of rotatable bonds is 0. The molecule has 5 heterocycles. The fraction of sp³-hybridized carbons (Fsp3) is 0. The summed E-state index contributed by atoms with van der Waals surface area (Å²) in [5, 5.41) is 7.34. The van der Waals surface area contributed by atoms with Crippen LogP contribution in [0.3, 0.4) is 0 Å². The van der Waals surface area contributed by atoms with Gasteiger partial charge in [-0.15, -0.1) is 0 Å². The summed E-state index contributed by atoms with van der Waals surface area (Å²) in [4.78, 5) is 19.6. The summed E-state index contributed by atoms with van der Waals surface area (Å²) in [7, 11) is 0. The molecule has 204 valence electrons. The Hall–Kier alpha value is -5.81. The molecule has 0 bridgehead atoms. The minimum Gasteiger partial charge on any atom is -0.265 e. The molecule has 0 fully saturated rings. The van der Waals surface area contributed by atoms with Crippen molar-refractivity contribution < 1.29 is 0 Å². The summed E-state index contributed by atoms with van der Waals surface area (Å²) >= 11 is 0. The summed E-state index contributed by atoms with van der Waals surface area (Å²) in [6.07, 6.45) is 18.0. The third-order valence-electron chi connectivity index (χ3n) is 5.78. The van der Waals surface area contributed by atoms with Crippen molar-refractivity contribution in [2.45, 2.75) is 0 Å². The van der Waals surface area contributed by atoms with Crippen LogP contribution in [0.1, 0.15) is 0 Å². The van der Waals surface area contributed by atoms with Crippen LogP contribution in [-0.2, 0) is 0 Å². The summed E-state index contributed by atoms with van der Waals surface area (Å²) < 4.78 is 0. The van der Waals surface area contributed by atoms with Crippen LogP contribution in [0.15, 0.2) is 189 Å². The van der Waals surface area contributed by atoms with E-state index in [1.54, 1.807) is 24.8 Å². The maximum Gasteiger partial charge on any atom is 0.0346 e. The molecule has 8 aromatic rings. The molecule has 0 amide bonds. The Morgan fingerprint density at radius 2 is 0.500 bits per heavy atom. The topological polar surface area (TPSA) is 64.5 Å². The van der Waals surface area contributed by atoms with Gasteiger partial charge in [-0.25, -0.2) is 0 Å². The van der Waals surface area contributed by atoms with Crippen LogP contribution in [0, 0.1) is 0 Å². The van der Waals surface area contributed by atoms with Crippen LogP contribution in [0.5, 0.6) is 0 Å². The smallest absolute Gasteiger partial charge is 0.0346 e. The molecule has 42 heavy (non-hydrogen) atoms. The highest BCUT2D eigenvalue weighted by Gasteiger charge is 1.88. The molecule has 0 saturated carbocycles. The van der Waals surface area contributed by atoms with Crippen LogP contribution in [0.2, 0.25) is 0 Å². The monoisotopic (exact) mass is 545 g/mol. The predicted molar refractivity (Wildman–Crippen MR) is 174 cm³/mol. The Bertz CT molecular complexity index is 1390. The van der Waals surface area contributed by atoms with Gasteiger partial charge in [-0.3, -0.25) is 24.9 Å². The second-order valence-electron chi connectivity index (χ2n) is 8.72. The Labute approximate surface area is 246 Å². The minimum absolute atomic E-state index is 1.20. The lowest BCUT2D eigenvalue weighted by molar-refractivity contribution is 1.33. The highest BCUT2D eigenvalue weighted by molar-refractivity contribution is 5.82. The molecule has 8 rings (SSSR count). The molecule has 0 radical (unpaired) electrons. The summed E-state index contributed by atoms with van der Waals surface area (Å²) in [6, 6.07) is 42.0. The van der Waals surface area contributed by atoms with Crippen molar-refractivity contribution in [3.63, 3.8) is 0 Å². The maximum absolute atomic E-state index is 4.01. The fourth-order valence-corrected chi connectivity index (χ4v) is 3.71. The molecular formula is C37H31N5. The molecule has 5 nitrogen and oxygen atoms in total. The van der Waals surface area contributed by atoms with Gasteiger partial charge in [0.05, 0.1) is 0 Å². The van der Waals surface area contributed by atoms with E-state index in [1.807, 2.05) is 128 Å². The standard InChI is InChI=1S/3C9H7N.2C5H5N/c3*1-2-4-9-7-10-6-5-8(9)3-1;2*1-2-4-6-5-3-1/h3*1-7H;2*1-5H. The first kappa shape index (κ1) is 29.2. The molecule has 0 aliphatic heterocycles. The van der Waals surface area contributed by atoms with Crippen LogP contribution in [0.4, 0.5) is 0 Å². The zero-order valence-corrected chi connectivity index (χ0v) is 23.1. The molecule has 0 atom stereocenters. The first-order valence-corrected chi connectivity index (χ1v) is 13.5. The molecule has 0 aliphatic carbocycles. The van der Waals surface area contributed by atoms with E-state index in [1.165, 1.54) is 32.3 Å². The number of nitrogens with zero attached hydrogens (tertiary/aromatic N) is 5. The van der Waals surface area contributed by atoms with E-state index < -0.39 is 0 Å². The predicted octanol–water partition coefficient (Wildman–Crippen LogP) is 8.87. The molecular weight excluding hydrogens is 514 g/mol. The second-order valence-corrected chi connectivity index (χ2v) is 8.72. The van der Waals surface area contributed by atoms with Crippen LogP contribution >= 0.6 is 0 Å². The summed E-state index contributed by atoms with van der Waals surface area (Å²) in [5.41, 5.74) is 0. The van der Waals surface area contributed by atoms with E-state index in [9.17, 15) is 0 Å². The van der Waals surface area contributed by atoms with Gasteiger partial charge in [0.2, 0.25) is 0 Å². The third kappa shape index (κ3) is 10.4. The normalized spacial score (nSPS) is 9.43. The minimum atomic E-state index is 1.20. The lowest BCUT2D eigenvalue weighted by atomic mass is 10.2. The molecule has 0 spiro atoms. The van der Waals surface area contributed by atoms with Crippen LogP contribution in [0.25, 0.3) is 32.3 Å². The van der Waals surface area contributed by atoms with Gasteiger partial charge >= 0.3 is 0 Å². The zero-order valence-electron chi connectivity index (χ0n) is 23.1. The van der Waals surface area contributed by atoms with Gasteiger partial charge in [0.15, 0.2) is 0 Å². The Kier molecular flexibility index (Phi) is 12.3. The molecule has 0 unspecified atom stereocenters. The number of pyridine rings is 5. The van der Waals surface area contributed by atoms with Crippen LogP contribution in [-0.4, -0.2) is 24.9 Å². The van der Waals surface area contributed by atoms with Gasteiger partial charge in [-0.2, -0.15) is 0 Å². The van der Waals surface area contributed by atoms with Gasteiger partial charge in [-0.1, -0.05) is 84.9 Å². The first-order chi connectivity index (χ1) is 20.9. The Morgan fingerprint density at radius 1 is 0.214 bits per heavy atom. The SMILES string of the molecule is c1ccc2cnccc2c1.c1ccc2cnccc2c1.c1ccc2cnccc2c1.c1ccncc1.c1ccncc1. The first-order valence-electron chi connectivity index (χ1n) is 13.5. The van der Waals surface area contributed by atoms with E-state index >= 15 is 0 Å². The van der Waals surface area contributed by atoms with E-state index in [2.05, 4.69) is 61.3 Å². The van der Waals surface area contributed by atoms with Gasteiger partial charge in [-0.05, 0) is 74.8 Å². The van der Waals surface area contributed by atoms with Crippen molar-refractivity contribution in [3.05, 3.63) is 189 Å². The van der Waals surface area contributed by atoms with Crippen molar-refractivity contribution in [2.24, 2.45) is 0 Å². The second kappa shape index (κ2) is 17.7. The summed E-state index contributed by atoms with van der Waals surface area (Å²) in [6.45, 7) is 0. The molecule has 5 heteroatoms. The van der Waals surface area contributed by atoms with Crippen molar-refractivity contribution in [1.82, 2.24) is 24.9 Å². The van der Waals surface area contributed by atoms with Gasteiger partial charge in [0.1, 0.15) is 0 Å². The number of fused-ring (bicyclic) bond motifs is 3. The number of hydrogen-bond donors (Lipinski definition) is 0. The third-order valence-corrected chi connectivity index (χ3v) is 5.78. The van der Waals surface area contributed by atoms with Crippen LogP contribution < -0.4 is 0 Å². The summed E-state index contributed by atoms with van der Waals surface area (Å²) in [5.74, 6) is 0. The van der Waals surface area contributed by atoms with E-state index in [0.717, 1.165) is 0 Å². The van der Waals surface area contributed by atoms with E-state index in [0.29, 0.717) is 0 Å². The van der Waals surface area contributed by atoms with Crippen molar-refractivity contribution >= 4 is 32.3 Å². The average Bonchev–Trinajstić information content (AvgIpc) is 3.11. The maximum atomic E-state index is 4.01. The quantitative estimate of drug-likeness (QED) is 0.190. The van der Waals surface area contributed by atoms with E-state index in [-0.39, 0.29) is 0 Å². The number of benzene rings is 3. The molecule has 3 aromatic carbocycles. The fourth-order valence-electron chi connectivity index (χ4n) is 3.71. The van der Waals surface area contributed by atoms with Gasteiger partial charge in [0.25, 0.3) is 0 Å².